The monoisotopic (exact) mass is 377 g/mol. The second kappa shape index (κ2) is 6.36. The third kappa shape index (κ3) is 2.60. The predicted octanol–water partition coefficient (Wildman–Crippen LogP) is 3.37. The molecule has 1 N–H and O–H groups in total. The van der Waals surface area contributed by atoms with Crippen LogP contribution in [0.25, 0.3) is 0 Å². The van der Waals surface area contributed by atoms with Gasteiger partial charge in [-0.2, -0.15) is 0 Å². The summed E-state index contributed by atoms with van der Waals surface area (Å²) >= 11 is 0. The largest absolute Gasteiger partial charge is 0.496 e. The zero-order valence-electron chi connectivity index (χ0n) is 15.8. The normalized spacial score (nSPS) is 29.6. The van der Waals surface area contributed by atoms with Crippen LogP contribution in [0, 0.1) is 17.8 Å². The van der Waals surface area contributed by atoms with Crippen molar-refractivity contribution in [1.29, 1.82) is 0 Å². The van der Waals surface area contributed by atoms with Crippen LogP contribution in [-0.4, -0.2) is 24.4 Å². The van der Waals surface area contributed by atoms with E-state index in [9.17, 15) is 9.59 Å². The fourth-order valence-electron chi connectivity index (χ4n) is 5.27. The van der Waals surface area contributed by atoms with E-state index in [2.05, 4.69) is 5.32 Å². The average molecular weight is 377 g/mol. The van der Waals surface area contributed by atoms with Gasteiger partial charge in [0.2, 0.25) is 5.91 Å². The van der Waals surface area contributed by atoms with E-state index in [-0.39, 0.29) is 23.5 Å². The molecule has 5 rings (SSSR count). The Labute approximate surface area is 164 Å². The van der Waals surface area contributed by atoms with Gasteiger partial charge < -0.3 is 14.8 Å². The number of ketones is 1. The fourth-order valence-corrected chi connectivity index (χ4v) is 5.27. The number of Topliss-reactive ketones (excluding diaryl/α,β-unsaturated/α-hetero) is 1. The lowest BCUT2D eigenvalue weighted by molar-refractivity contribution is -0.124. The molecule has 2 saturated carbocycles. The molecule has 1 spiro atoms. The van der Waals surface area contributed by atoms with Crippen molar-refractivity contribution in [2.24, 2.45) is 17.8 Å². The highest BCUT2D eigenvalue weighted by Crippen LogP contribution is 2.65. The van der Waals surface area contributed by atoms with E-state index in [4.69, 9.17) is 9.47 Å². The van der Waals surface area contributed by atoms with E-state index in [1.165, 1.54) is 0 Å². The van der Waals surface area contributed by atoms with E-state index in [1.807, 2.05) is 48.5 Å². The van der Waals surface area contributed by atoms with Gasteiger partial charge in [0.25, 0.3) is 0 Å². The van der Waals surface area contributed by atoms with Crippen LogP contribution in [0.4, 0.5) is 0 Å². The third-order valence-electron chi connectivity index (χ3n) is 6.59. The van der Waals surface area contributed by atoms with Gasteiger partial charge in [0, 0.05) is 23.9 Å². The van der Waals surface area contributed by atoms with Crippen LogP contribution in [0.5, 0.6) is 11.5 Å². The van der Waals surface area contributed by atoms with Crippen molar-refractivity contribution in [3.05, 3.63) is 59.7 Å². The van der Waals surface area contributed by atoms with Crippen LogP contribution in [0.2, 0.25) is 0 Å². The molecule has 0 unspecified atom stereocenters. The number of nitrogens with one attached hydrogen (secondary N) is 1. The van der Waals surface area contributed by atoms with E-state index >= 15 is 0 Å². The first-order valence-corrected chi connectivity index (χ1v) is 9.84. The smallest absolute Gasteiger partial charge is 0.224 e. The van der Waals surface area contributed by atoms with Gasteiger partial charge in [-0.05, 0) is 37.0 Å². The Morgan fingerprint density at radius 2 is 2.00 bits per heavy atom. The number of amides is 1. The van der Waals surface area contributed by atoms with Crippen LogP contribution in [0.1, 0.15) is 35.2 Å². The summed E-state index contributed by atoms with van der Waals surface area (Å²) < 4.78 is 11.7. The van der Waals surface area contributed by atoms with Gasteiger partial charge in [-0.25, -0.2) is 0 Å². The maximum atomic E-state index is 12.9. The molecule has 5 heteroatoms. The molecule has 0 radical (unpaired) electrons. The molecule has 2 aliphatic carbocycles. The average Bonchev–Trinajstić information content (AvgIpc) is 3.37. The SMILES string of the molecule is COc1ccccc1CNC(=O)[C@H]1[C@H]2CC[C@@]3(CC(=O)c4ccccc4O3)[C@@H]21. The first-order valence-electron chi connectivity index (χ1n) is 9.84. The Balaban J connectivity index is 1.30. The van der Waals surface area contributed by atoms with E-state index in [1.54, 1.807) is 7.11 Å². The maximum absolute atomic E-state index is 12.9. The summed E-state index contributed by atoms with van der Waals surface area (Å²) in [6.07, 6.45) is 2.16. The van der Waals surface area contributed by atoms with Gasteiger partial charge in [0.1, 0.15) is 17.1 Å². The quantitative estimate of drug-likeness (QED) is 0.887. The van der Waals surface area contributed by atoms with Crippen molar-refractivity contribution in [2.75, 3.05) is 7.11 Å². The molecule has 3 aliphatic rings. The van der Waals surface area contributed by atoms with Crippen LogP contribution in [0.15, 0.2) is 48.5 Å². The standard InChI is InChI=1S/C23H23NO4/c1-27-18-8-4-2-6-14(18)13-24-22(26)20-16-10-11-23(21(16)20)12-17(25)15-7-3-5-9-19(15)28-23/h2-9,16,20-21H,10-13H2,1H3,(H,24,26)/t16-,20+,21+,23-/m1/s1. The molecule has 5 nitrogen and oxygen atoms in total. The lowest BCUT2D eigenvalue weighted by Gasteiger charge is -2.37. The van der Waals surface area contributed by atoms with Gasteiger partial charge in [0.15, 0.2) is 5.78 Å². The number of hydrogen-bond acceptors (Lipinski definition) is 4. The summed E-state index contributed by atoms with van der Waals surface area (Å²) in [6, 6.07) is 15.1. The van der Waals surface area contributed by atoms with Crippen molar-refractivity contribution in [1.82, 2.24) is 5.32 Å². The van der Waals surface area contributed by atoms with Crippen molar-refractivity contribution in [3.8, 4) is 11.5 Å². The van der Waals surface area contributed by atoms with E-state index in [0.717, 1.165) is 24.2 Å². The Kier molecular flexibility index (Phi) is 3.93. The molecule has 28 heavy (non-hydrogen) atoms. The number of benzene rings is 2. The van der Waals surface area contributed by atoms with Crippen LogP contribution >= 0.6 is 0 Å². The van der Waals surface area contributed by atoms with Gasteiger partial charge in [0.05, 0.1) is 19.1 Å². The summed E-state index contributed by atoms with van der Waals surface area (Å²) in [5, 5.41) is 3.06. The summed E-state index contributed by atoms with van der Waals surface area (Å²) in [7, 11) is 1.63. The molecule has 2 fully saturated rings. The van der Waals surface area contributed by atoms with Gasteiger partial charge in [-0.15, -0.1) is 0 Å². The lowest BCUT2D eigenvalue weighted by Crippen LogP contribution is -2.44. The number of carbonyl (C=O) groups excluding carboxylic acids is 2. The molecular weight excluding hydrogens is 354 g/mol. The number of hydrogen-bond donors (Lipinski definition) is 1. The number of rotatable bonds is 4. The zero-order chi connectivity index (χ0) is 19.3. The zero-order valence-corrected chi connectivity index (χ0v) is 15.8. The fraction of sp³-hybridized carbons (Fsp3) is 0.391. The highest BCUT2D eigenvalue weighted by Gasteiger charge is 2.70. The van der Waals surface area contributed by atoms with Gasteiger partial charge in [-0.3, -0.25) is 9.59 Å². The Morgan fingerprint density at radius 1 is 1.21 bits per heavy atom. The maximum Gasteiger partial charge on any atom is 0.224 e. The molecule has 2 aromatic carbocycles. The molecule has 1 aliphatic heterocycles. The second-order valence-electron chi connectivity index (χ2n) is 8.05. The molecule has 1 heterocycles. The summed E-state index contributed by atoms with van der Waals surface area (Å²) in [6.45, 7) is 0.439. The highest BCUT2D eigenvalue weighted by molar-refractivity contribution is 6.00. The van der Waals surface area contributed by atoms with Crippen LogP contribution in [0.3, 0.4) is 0 Å². The predicted molar refractivity (Wildman–Crippen MR) is 103 cm³/mol. The van der Waals surface area contributed by atoms with Crippen LogP contribution in [-0.2, 0) is 11.3 Å². The number of carbonyl (C=O) groups is 2. The molecule has 144 valence electrons. The van der Waals surface area contributed by atoms with Gasteiger partial charge >= 0.3 is 0 Å². The Hall–Kier alpha value is -2.82. The lowest BCUT2D eigenvalue weighted by atomic mass is 9.84. The van der Waals surface area contributed by atoms with Crippen molar-refractivity contribution >= 4 is 11.7 Å². The van der Waals surface area contributed by atoms with Crippen molar-refractivity contribution < 1.29 is 19.1 Å². The molecule has 0 aromatic heterocycles. The van der Waals surface area contributed by atoms with Crippen molar-refractivity contribution in [2.45, 2.75) is 31.4 Å². The molecular formula is C23H23NO4. The summed E-state index contributed by atoms with van der Waals surface area (Å²) in [5.74, 6) is 1.99. The molecule has 1 amide bonds. The number of fused-ring (bicyclic) bond motifs is 3. The van der Waals surface area contributed by atoms with Crippen LogP contribution < -0.4 is 14.8 Å². The number of para-hydroxylation sites is 2. The Bertz CT molecular complexity index is 955. The summed E-state index contributed by atoms with van der Waals surface area (Å²) in [4.78, 5) is 25.5. The second-order valence-corrected chi connectivity index (χ2v) is 8.05. The molecule has 4 atom stereocenters. The molecule has 0 saturated heterocycles. The number of methoxy groups -OCH3 is 1. The number of ether oxygens (including phenoxy) is 2. The minimum atomic E-state index is -0.511. The molecule has 0 bridgehead atoms. The van der Waals surface area contributed by atoms with E-state index < -0.39 is 5.60 Å². The minimum absolute atomic E-state index is 0.0508. The highest BCUT2D eigenvalue weighted by atomic mass is 16.5. The first kappa shape index (κ1) is 17.3. The first-order chi connectivity index (χ1) is 13.6. The summed E-state index contributed by atoms with van der Waals surface area (Å²) in [5.41, 5.74) is 1.11. The topological polar surface area (TPSA) is 64.6 Å². The van der Waals surface area contributed by atoms with E-state index in [0.29, 0.717) is 30.2 Å². The minimum Gasteiger partial charge on any atom is -0.496 e. The van der Waals surface area contributed by atoms with Crippen molar-refractivity contribution in [3.63, 3.8) is 0 Å². The van der Waals surface area contributed by atoms with Gasteiger partial charge in [-0.1, -0.05) is 30.3 Å². The molecule has 2 aromatic rings. The third-order valence-corrected chi connectivity index (χ3v) is 6.59. The Morgan fingerprint density at radius 3 is 2.86 bits per heavy atom.